The fraction of sp³-hybridized carbons (Fsp3) is 0.364. The first-order valence-electron chi connectivity index (χ1n) is 9.89. The van der Waals surface area contributed by atoms with Crippen LogP contribution >= 0.6 is 0 Å². The van der Waals surface area contributed by atoms with Gasteiger partial charge in [0.2, 0.25) is 0 Å². The number of amides is 2. The molecule has 0 bridgehead atoms. The molecule has 168 valence electrons. The molecule has 2 amide bonds. The van der Waals surface area contributed by atoms with E-state index in [-0.39, 0.29) is 48.1 Å². The first kappa shape index (κ1) is 24.2. The van der Waals surface area contributed by atoms with Crippen LogP contribution in [0.25, 0.3) is 0 Å². The second-order valence-electron chi connectivity index (χ2n) is 7.12. The highest BCUT2D eigenvalue weighted by Crippen LogP contribution is 2.28. The van der Waals surface area contributed by atoms with E-state index >= 15 is 0 Å². The van der Waals surface area contributed by atoms with Crippen LogP contribution in [0.4, 0.5) is 0 Å². The lowest BCUT2D eigenvalue weighted by Crippen LogP contribution is -2.34. The molecule has 0 aliphatic heterocycles. The molecule has 0 aromatic heterocycles. The normalized spacial score (nSPS) is 11.1. The van der Waals surface area contributed by atoms with Crippen molar-refractivity contribution in [2.45, 2.75) is 31.2 Å². The molecule has 2 rings (SSSR count). The minimum Gasteiger partial charge on any atom is -0.493 e. The number of rotatable bonds is 11. The molecular weight excluding hydrogens is 420 g/mol. The van der Waals surface area contributed by atoms with Crippen molar-refractivity contribution in [3.63, 3.8) is 0 Å². The van der Waals surface area contributed by atoms with Gasteiger partial charge in [0.25, 0.3) is 11.8 Å². The number of sulfone groups is 1. The standard InChI is InChI=1S/C22H28N2O6S/c1-16(2)24-21(25)15-30-19-11-10-17(14-20(19)29-3)22(26)23-12-7-13-31(27,28)18-8-5-4-6-9-18/h4-6,8-11,14,16H,7,12-13,15H2,1-3H3,(H,23,26)(H,24,25). The number of benzene rings is 2. The van der Waals surface area contributed by atoms with Crippen molar-refractivity contribution >= 4 is 21.7 Å². The van der Waals surface area contributed by atoms with Gasteiger partial charge in [-0.25, -0.2) is 8.42 Å². The minimum absolute atomic E-state index is 0.00625. The maximum Gasteiger partial charge on any atom is 0.258 e. The van der Waals surface area contributed by atoms with Crippen molar-refractivity contribution in [2.24, 2.45) is 0 Å². The molecule has 0 unspecified atom stereocenters. The maximum atomic E-state index is 12.4. The van der Waals surface area contributed by atoms with E-state index in [1.807, 2.05) is 13.8 Å². The number of hydrogen-bond donors (Lipinski definition) is 2. The summed E-state index contributed by atoms with van der Waals surface area (Å²) < 4.78 is 35.3. The summed E-state index contributed by atoms with van der Waals surface area (Å²) in [5, 5.41) is 5.42. The van der Waals surface area contributed by atoms with Crippen molar-refractivity contribution < 1.29 is 27.5 Å². The molecule has 0 aliphatic rings. The Morgan fingerprint density at radius 1 is 1.03 bits per heavy atom. The van der Waals surface area contributed by atoms with Crippen LogP contribution in [0, 0.1) is 0 Å². The minimum atomic E-state index is -3.38. The molecule has 2 N–H and O–H groups in total. The fourth-order valence-corrected chi connectivity index (χ4v) is 4.08. The molecule has 0 aliphatic carbocycles. The van der Waals surface area contributed by atoms with E-state index in [0.717, 1.165) is 0 Å². The van der Waals surface area contributed by atoms with Crippen LogP contribution in [0.15, 0.2) is 53.4 Å². The molecule has 0 saturated heterocycles. The smallest absolute Gasteiger partial charge is 0.258 e. The second-order valence-corrected chi connectivity index (χ2v) is 9.23. The van der Waals surface area contributed by atoms with Gasteiger partial charge >= 0.3 is 0 Å². The van der Waals surface area contributed by atoms with E-state index < -0.39 is 9.84 Å². The average molecular weight is 449 g/mol. The predicted molar refractivity (Wildman–Crippen MR) is 117 cm³/mol. The quantitative estimate of drug-likeness (QED) is 0.510. The van der Waals surface area contributed by atoms with Gasteiger partial charge < -0.3 is 20.1 Å². The Hall–Kier alpha value is -3.07. The number of carbonyl (C=O) groups is 2. The summed E-state index contributed by atoms with van der Waals surface area (Å²) in [6.45, 7) is 3.74. The summed E-state index contributed by atoms with van der Waals surface area (Å²) >= 11 is 0. The highest BCUT2D eigenvalue weighted by atomic mass is 32.2. The van der Waals surface area contributed by atoms with Crippen molar-refractivity contribution in [3.05, 3.63) is 54.1 Å². The van der Waals surface area contributed by atoms with Gasteiger partial charge in [-0.05, 0) is 50.6 Å². The van der Waals surface area contributed by atoms with Gasteiger partial charge in [0.05, 0.1) is 17.8 Å². The molecule has 8 nitrogen and oxygen atoms in total. The fourth-order valence-electron chi connectivity index (χ4n) is 2.75. The summed E-state index contributed by atoms with van der Waals surface area (Å²) in [7, 11) is -1.94. The van der Waals surface area contributed by atoms with E-state index in [1.165, 1.54) is 13.2 Å². The van der Waals surface area contributed by atoms with E-state index in [2.05, 4.69) is 10.6 Å². The number of ether oxygens (including phenoxy) is 2. The number of hydrogen-bond acceptors (Lipinski definition) is 6. The van der Waals surface area contributed by atoms with Gasteiger partial charge in [-0.2, -0.15) is 0 Å². The second kappa shape index (κ2) is 11.4. The van der Waals surface area contributed by atoms with Crippen LogP contribution in [0.1, 0.15) is 30.6 Å². The van der Waals surface area contributed by atoms with Crippen molar-refractivity contribution in [1.82, 2.24) is 10.6 Å². The van der Waals surface area contributed by atoms with Crippen LogP contribution in [-0.4, -0.2) is 52.3 Å². The highest BCUT2D eigenvalue weighted by Gasteiger charge is 2.15. The lowest BCUT2D eigenvalue weighted by Gasteiger charge is -2.13. The third-order valence-electron chi connectivity index (χ3n) is 4.21. The number of methoxy groups -OCH3 is 1. The number of nitrogens with one attached hydrogen (secondary N) is 2. The predicted octanol–water partition coefficient (Wildman–Crippen LogP) is 2.19. The zero-order chi connectivity index (χ0) is 22.9. The SMILES string of the molecule is COc1cc(C(=O)NCCCS(=O)(=O)c2ccccc2)ccc1OCC(=O)NC(C)C. The first-order valence-corrected chi connectivity index (χ1v) is 11.5. The Kier molecular flexibility index (Phi) is 8.87. The van der Waals surface area contributed by atoms with Crippen LogP contribution in [0.5, 0.6) is 11.5 Å². The Morgan fingerprint density at radius 3 is 2.39 bits per heavy atom. The van der Waals surface area contributed by atoms with Crippen molar-refractivity contribution in [1.29, 1.82) is 0 Å². The van der Waals surface area contributed by atoms with E-state index in [0.29, 0.717) is 17.1 Å². The van der Waals surface area contributed by atoms with Crippen LogP contribution in [-0.2, 0) is 14.6 Å². The van der Waals surface area contributed by atoms with Gasteiger partial charge in [0, 0.05) is 18.2 Å². The summed E-state index contributed by atoms with van der Waals surface area (Å²) in [5.41, 5.74) is 0.335. The molecule has 2 aromatic carbocycles. The third kappa shape index (κ3) is 7.60. The van der Waals surface area contributed by atoms with Crippen LogP contribution in [0.3, 0.4) is 0 Å². The van der Waals surface area contributed by atoms with Crippen molar-refractivity contribution in [3.8, 4) is 11.5 Å². The zero-order valence-corrected chi connectivity index (χ0v) is 18.7. The Morgan fingerprint density at radius 2 is 1.74 bits per heavy atom. The zero-order valence-electron chi connectivity index (χ0n) is 17.9. The summed E-state index contributed by atoms with van der Waals surface area (Å²) in [5.74, 6) is -0.0290. The first-order chi connectivity index (χ1) is 14.7. The lowest BCUT2D eigenvalue weighted by atomic mass is 10.2. The topological polar surface area (TPSA) is 111 Å². The van der Waals surface area contributed by atoms with Gasteiger partial charge in [-0.3, -0.25) is 9.59 Å². The highest BCUT2D eigenvalue weighted by molar-refractivity contribution is 7.91. The largest absolute Gasteiger partial charge is 0.493 e. The van der Waals surface area contributed by atoms with E-state index in [1.54, 1.807) is 42.5 Å². The van der Waals surface area contributed by atoms with Crippen molar-refractivity contribution in [2.75, 3.05) is 26.0 Å². The average Bonchev–Trinajstić information content (AvgIpc) is 2.75. The molecule has 0 heterocycles. The molecule has 0 radical (unpaired) electrons. The Labute approximate surface area is 182 Å². The Balaban J connectivity index is 1.88. The molecule has 31 heavy (non-hydrogen) atoms. The maximum absolute atomic E-state index is 12.4. The number of carbonyl (C=O) groups excluding carboxylic acids is 2. The van der Waals surface area contributed by atoms with Gasteiger partial charge in [0.1, 0.15) is 0 Å². The molecule has 0 atom stereocenters. The van der Waals surface area contributed by atoms with E-state index in [4.69, 9.17) is 9.47 Å². The van der Waals surface area contributed by atoms with Gasteiger partial charge in [-0.15, -0.1) is 0 Å². The van der Waals surface area contributed by atoms with Crippen LogP contribution in [0.2, 0.25) is 0 Å². The third-order valence-corrected chi connectivity index (χ3v) is 6.03. The monoisotopic (exact) mass is 448 g/mol. The molecule has 0 spiro atoms. The van der Waals surface area contributed by atoms with Gasteiger partial charge in [0.15, 0.2) is 27.9 Å². The summed E-state index contributed by atoms with van der Waals surface area (Å²) in [6.07, 6.45) is 0.284. The molecule has 2 aromatic rings. The van der Waals surface area contributed by atoms with E-state index in [9.17, 15) is 18.0 Å². The van der Waals surface area contributed by atoms with Gasteiger partial charge in [-0.1, -0.05) is 18.2 Å². The molecule has 9 heteroatoms. The Bertz CT molecular complexity index is 990. The molecule has 0 fully saturated rings. The summed E-state index contributed by atoms with van der Waals surface area (Å²) in [4.78, 5) is 24.4. The molecule has 0 saturated carbocycles. The lowest BCUT2D eigenvalue weighted by molar-refractivity contribution is -0.123. The van der Waals surface area contributed by atoms with Crippen LogP contribution < -0.4 is 20.1 Å². The molecular formula is C22H28N2O6S. The summed E-state index contributed by atoms with van der Waals surface area (Å²) in [6, 6.07) is 12.8.